The van der Waals surface area contributed by atoms with Gasteiger partial charge in [0, 0.05) is 6.54 Å². The molecule has 0 bridgehead atoms. The van der Waals surface area contributed by atoms with Crippen LogP contribution in [-0.4, -0.2) is 13.6 Å². The summed E-state index contributed by atoms with van der Waals surface area (Å²) in [6.45, 7) is 12.1. The molecule has 1 rings (SSSR count). The Labute approximate surface area is 112 Å². The zero-order valence-corrected chi connectivity index (χ0v) is 12.2. The molecular weight excluding hydrogens is 218 g/mol. The Morgan fingerprint density at radius 2 is 2.11 bits per heavy atom. The van der Waals surface area contributed by atoms with E-state index < -0.39 is 0 Å². The summed E-state index contributed by atoms with van der Waals surface area (Å²) in [7, 11) is 1.99. The fourth-order valence-corrected chi connectivity index (χ4v) is 2.88. The highest BCUT2D eigenvalue weighted by molar-refractivity contribution is 5.24. The van der Waals surface area contributed by atoms with Crippen LogP contribution in [0.1, 0.15) is 27.2 Å². The van der Waals surface area contributed by atoms with E-state index in [-0.39, 0.29) is 0 Å². The van der Waals surface area contributed by atoms with E-state index in [0.29, 0.717) is 17.8 Å². The topological polar surface area (TPSA) is 12.0 Å². The zero-order chi connectivity index (χ0) is 13.5. The van der Waals surface area contributed by atoms with Crippen molar-refractivity contribution in [3.63, 3.8) is 0 Å². The molecule has 1 aliphatic rings. The summed E-state index contributed by atoms with van der Waals surface area (Å²) in [4.78, 5) is 0. The predicted molar refractivity (Wildman–Crippen MR) is 81.5 cm³/mol. The maximum atomic E-state index is 4.30. The van der Waals surface area contributed by atoms with Gasteiger partial charge in [0.15, 0.2) is 0 Å². The molecule has 0 saturated heterocycles. The van der Waals surface area contributed by atoms with Crippen molar-refractivity contribution in [3.8, 4) is 0 Å². The van der Waals surface area contributed by atoms with Crippen molar-refractivity contribution in [2.24, 2.45) is 17.8 Å². The number of likely N-dealkylation sites (N-methyl/N-ethyl adjacent to an activating group) is 1. The fraction of sp³-hybridized carbons (Fsp3) is 0.529. The zero-order valence-electron chi connectivity index (χ0n) is 12.2. The molecule has 1 aliphatic carbocycles. The van der Waals surface area contributed by atoms with Crippen molar-refractivity contribution in [3.05, 3.63) is 48.1 Å². The number of allylic oxidation sites excluding steroid dienone is 6. The van der Waals surface area contributed by atoms with Crippen molar-refractivity contribution in [1.29, 1.82) is 0 Å². The molecule has 2 atom stereocenters. The van der Waals surface area contributed by atoms with E-state index in [9.17, 15) is 0 Å². The van der Waals surface area contributed by atoms with Gasteiger partial charge in [0.25, 0.3) is 0 Å². The molecule has 0 saturated carbocycles. The Bertz CT molecular complexity index is 358. The average molecular weight is 245 g/mol. The van der Waals surface area contributed by atoms with Crippen molar-refractivity contribution in [1.82, 2.24) is 5.32 Å². The second kappa shape index (κ2) is 7.38. The minimum Gasteiger partial charge on any atom is -0.316 e. The molecule has 0 spiro atoms. The minimum atomic E-state index is 0.546. The molecule has 0 aliphatic heterocycles. The summed E-state index contributed by atoms with van der Waals surface area (Å²) >= 11 is 0. The van der Waals surface area contributed by atoms with Crippen molar-refractivity contribution >= 4 is 0 Å². The molecule has 18 heavy (non-hydrogen) atoms. The maximum absolute atomic E-state index is 4.30. The first-order valence-corrected chi connectivity index (χ1v) is 6.90. The van der Waals surface area contributed by atoms with Gasteiger partial charge in [0.05, 0.1) is 0 Å². The second-order valence-corrected chi connectivity index (χ2v) is 5.52. The number of nitrogens with one attached hydrogen (secondary N) is 1. The van der Waals surface area contributed by atoms with Gasteiger partial charge in [0.1, 0.15) is 0 Å². The molecule has 0 aromatic rings. The van der Waals surface area contributed by atoms with Crippen molar-refractivity contribution in [2.75, 3.05) is 13.6 Å². The highest BCUT2D eigenvalue weighted by Crippen LogP contribution is 2.35. The monoisotopic (exact) mass is 245 g/mol. The molecule has 2 unspecified atom stereocenters. The van der Waals surface area contributed by atoms with Crippen LogP contribution in [0, 0.1) is 17.8 Å². The SMILES string of the molecule is C=C(CNC)C(C(C)C)C1CC=C/C=C\C=C\1C. The van der Waals surface area contributed by atoms with Gasteiger partial charge in [-0.1, -0.05) is 62.0 Å². The summed E-state index contributed by atoms with van der Waals surface area (Å²) in [5, 5.41) is 3.23. The summed E-state index contributed by atoms with van der Waals surface area (Å²) in [6, 6.07) is 0. The van der Waals surface area contributed by atoms with Crippen LogP contribution in [0.3, 0.4) is 0 Å². The molecule has 0 amide bonds. The van der Waals surface area contributed by atoms with E-state index in [2.05, 4.69) is 63.0 Å². The van der Waals surface area contributed by atoms with Crippen LogP contribution in [0.5, 0.6) is 0 Å². The highest BCUT2D eigenvalue weighted by atomic mass is 14.8. The summed E-state index contributed by atoms with van der Waals surface area (Å²) in [5.41, 5.74) is 2.79. The summed E-state index contributed by atoms with van der Waals surface area (Å²) in [5.74, 6) is 1.74. The van der Waals surface area contributed by atoms with Gasteiger partial charge in [0.2, 0.25) is 0 Å². The Morgan fingerprint density at radius 1 is 1.39 bits per heavy atom. The fourth-order valence-electron chi connectivity index (χ4n) is 2.88. The van der Waals surface area contributed by atoms with E-state index in [4.69, 9.17) is 0 Å². The lowest BCUT2D eigenvalue weighted by Gasteiger charge is -2.32. The first-order valence-electron chi connectivity index (χ1n) is 6.90. The molecule has 1 heteroatoms. The second-order valence-electron chi connectivity index (χ2n) is 5.52. The van der Waals surface area contributed by atoms with Crippen LogP contribution in [0.2, 0.25) is 0 Å². The lowest BCUT2D eigenvalue weighted by molar-refractivity contribution is 0.329. The lowest BCUT2D eigenvalue weighted by Crippen LogP contribution is -2.27. The van der Waals surface area contributed by atoms with Crippen LogP contribution in [-0.2, 0) is 0 Å². The van der Waals surface area contributed by atoms with Gasteiger partial charge >= 0.3 is 0 Å². The van der Waals surface area contributed by atoms with Gasteiger partial charge < -0.3 is 5.32 Å². The third kappa shape index (κ3) is 3.99. The lowest BCUT2D eigenvalue weighted by atomic mass is 9.73. The van der Waals surface area contributed by atoms with E-state index >= 15 is 0 Å². The van der Waals surface area contributed by atoms with Gasteiger partial charge in [-0.15, -0.1) is 0 Å². The van der Waals surface area contributed by atoms with Crippen LogP contribution in [0.4, 0.5) is 0 Å². The molecule has 0 heterocycles. The molecule has 0 aromatic carbocycles. The molecule has 1 nitrogen and oxygen atoms in total. The quantitative estimate of drug-likeness (QED) is 0.719. The Morgan fingerprint density at radius 3 is 2.72 bits per heavy atom. The molecular formula is C17H27N. The third-order valence-corrected chi connectivity index (χ3v) is 3.72. The molecule has 0 fully saturated rings. The maximum Gasteiger partial charge on any atom is 0.0162 e. The number of rotatable bonds is 5. The average Bonchev–Trinajstić information content (AvgIpc) is 2.28. The van der Waals surface area contributed by atoms with Gasteiger partial charge in [-0.2, -0.15) is 0 Å². The Balaban J connectivity index is 2.96. The highest BCUT2D eigenvalue weighted by Gasteiger charge is 2.27. The number of hydrogen-bond donors (Lipinski definition) is 1. The van der Waals surface area contributed by atoms with E-state index in [1.54, 1.807) is 0 Å². The van der Waals surface area contributed by atoms with E-state index in [1.807, 2.05) is 7.05 Å². The normalized spacial score (nSPS) is 26.1. The van der Waals surface area contributed by atoms with E-state index in [0.717, 1.165) is 13.0 Å². The Hall–Kier alpha value is -1.08. The largest absolute Gasteiger partial charge is 0.316 e. The number of hydrogen-bond acceptors (Lipinski definition) is 1. The summed E-state index contributed by atoms with van der Waals surface area (Å²) < 4.78 is 0. The molecule has 1 N–H and O–H groups in total. The first kappa shape index (κ1) is 15.0. The standard InChI is InChI=1S/C17H27N/c1-13(2)17(15(4)12-18-5)16-11-9-7-6-8-10-14(16)3/h6-10,13,16-18H,4,11-12H2,1-3,5H3/b8-6-,9-7?,14-10+. The van der Waals surface area contributed by atoms with Gasteiger partial charge in [-0.25, -0.2) is 0 Å². The van der Waals surface area contributed by atoms with Crippen LogP contribution < -0.4 is 5.32 Å². The Kier molecular flexibility index (Phi) is 6.14. The van der Waals surface area contributed by atoms with Crippen molar-refractivity contribution < 1.29 is 0 Å². The van der Waals surface area contributed by atoms with Gasteiger partial charge in [-0.3, -0.25) is 0 Å². The molecule has 0 radical (unpaired) electrons. The minimum absolute atomic E-state index is 0.546. The van der Waals surface area contributed by atoms with Crippen molar-refractivity contribution in [2.45, 2.75) is 27.2 Å². The first-order chi connectivity index (χ1) is 8.57. The smallest absolute Gasteiger partial charge is 0.0162 e. The summed E-state index contributed by atoms with van der Waals surface area (Å²) in [6.07, 6.45) is 12.0. The predicted octanol–water partition coefficient (Wildman–Crippen LogP) is 4.11. The van der Waals surface area contributed by atoms with Crippen LogP contribution >= 0.6 is 0 Å². The van der Waals surface area contributed by atoms with Crippen LogP contribution in [0.25, 0.3) is 0 Å². The molecule has 0 aromatic heterocycles. The molecule has 100 valence electrons. The van der Waals surface area contributed by atoms with E-state index in [1.165, 1.54) is 11.1 Å². The van der Waals surface area contributed by atoms with Gasteiger partial charge in [-0.05, 0) is 38.1 Å². The third-order valence-electron chi connectivity index (χ3n) is 3.72. The van der Waals surface area contributed by atoms with Crippen LogP contribution in [0.15, 0.2) is 48.1 Å².